The van der Waals surface area contributed by atoms with Crippen LogP contribution in [0.4, 0.5) is 5.13 Å². The van der Waals surface area contributed by atoms with E-state index in [4.69, 9.17) is 0 Å². The van der Waals surface area contributed by atoms with Gasteiger partial charge in [0.1, 0.15) is 0 Å². The molecule has 0 aliphatic carbocycles. The number of rotatable bonds is 6. The van der Waals surface area contributed by atoms with Crippen LogP contribution >= 0.6 is 22.7 Å². The smallest absolute Gasteiger partial charge is 0.242 e. The molecule has 0 saturated carbocycles. The second-order valence-electron chi connectivity index (χ2n) is 5.93. The summed E-state index contributed by atoms with van der Waals surface area (Å²) in [5.41, 5.74) is 2.19. The van der Waals surface area contributed by atoms with Gasteiger partial charge in [-0.05, 0) is 19.1 Å². The zero-order valence-electron chi connectivity index (χ0n) is 15.0. The van der Waals surface area contributed by atoms with Gasteiger partial charge in [0.05, 0.1) is 27.7 Å². The molecule has 0 fully saturated rings. The van der Waals surface area contributed by atoms with Gasteiger partial charge in [-0.1, -0.05) is 12.1 Å². The molecule has 0 atom stereocenters. The maximum atomic E-state index is 12.1. The lowest BCUT2D eigenvalue weighted by atomic mass is 10.2. The highest BCUT2D eigenvalue weighted by atomic mass is 32.2. The fourth-order valence-corrected chi connectivity index (χ4v) is 4.54. The number of anilines is 1. The summed E-state index contributed by atoms with van der Waals surface area (Å²) in [7, 11) is -0.478. The van der Waals surface area contributed by atoms with Crippen molar-refractivity contribution in [3.05, 3.63) is 45.7 Å². The van der Waals surface area contributed by atoms with E-state index in [1.54, 1.807) is 24.3 Å². The molecule has 0 spiro atoms. The molecular formula is C17H18N4O3S3. The first-order valence-electron chi connectivity index (χ1n) is 7.95. The number of benzene rings is 1. The van der Waals surface area contributed by atoms with Crippen molar-refractivity contribution in [1.82, 2.24) is 14.3 Å². The number of hydrogen-bond donors (Lipinski definition) is 1. The van der Waals surface area contributed by atoms with Crippen LogP contribution in [0.1, 0.15) is 10.7 Å². The molecule has 10 heteroatoms. The first-order chi connectivity index (χ1) is 12.8. The van der Waals surface area contributed by atoms with Crippen LogP contribution in [-0.4, -0.2) is 42.7 Å². The number of amides is 1. The minimum atomic E-state index is -3.46. The van der Waals surface area contributed by atoms with Gasteiger partial charge in [0.2, 0.25) is 15.9 Å². The summed E-state index contributed by atoms with van der Waals surface area (Å²) in [5.74, 6) is -0.173. The van der Waals surface area contributed by atoms with Crippen LogP contribution < -0.4 is 5.32 Å². The monoisotopic (exact) mass is 422 g/mol. The Kier molecular flexibility index (Phi) is 5.70. The highest BCUT2D eigenvalue weighted by molar-refractivity contribution is 7.89. The highest BCUT2D eigenvalue weighted by Gasteiger charge is 2.17. The Bertz CT molecular complexity index is 1050. The fourth-order valence-electron chi connectivity index (χ4n) is 2.29. The Morgan fingerprint density at radius 2 is 1.81 bits per heavy atom. The van der Waals surface area contributed by atoms with E-state index >= 15 is 0 Å². The van der Waals surface area contributed by atoms with Crippen LogP contribution in [0.25, 0.3) is 11.3 Å². The second kappa shape index (κ2) is 7.85. The predicted octanol–water partition coefficient (Wildman–Crippen LogP) is 3.01. The molecule has 1 amide bonds. The van der Waals surface area contributed by atoms with Crippen molar-refractivity contribution in [2.45, 2.75) is 18.2 Å². The summed E-state index contributed by atoms with van der Waals surface area (Å²) in [6.07, 6.45) is 0.205. The van der Waals surface area contributed by atoms with Crippen molar-refractivity contribution < 1.29 is 13.2 Å². The number of hydrogen-bond acceptors (Lipinski definition) is 7. The number of aromatic nitrogens is 2. The maximum Gasteiger partial charge on any atom is 0.242 e. The zero-order chi connectivity index (χ0) is 19.6. The standard InChI is InChI=1S/C17H18N4O3S3/c1-11-18-13(9-25-11)8-16(22)20-17-19-15(10-26-17)12-4-6-14(7-5-12)27(23,24)21(2)3/h4-7,9-10H,8H2,1-3H3,(H,19,20,22). The van der Waals surface area contributed by atoms with E-state index in [9.17, 15) is 13.2 Å². The molecule has 2 heterocycles. The van der Waals surface area contributed by atoms with E-state index in [2.05, 4.69) is 15.3 Å². The predicted molar refractivity (Wildman–Crippen MR) is 108 cm³/mol. The van der Waals surface area contributed by atoms with Crippen LogP contribution in [-0.2, 0) is 21.2 Å². The summed E-state index contributed by atoms with van der Waals surface area (Å²) < 4.78 is 25.4. The fraction of sp³-hybridized carbons (Fsp3) is 0.235. The number of carbonyl (C=O) groups excluding carboxylic acids is 1. The van der Waals surface area contributed by atoms with E-state index < -0.39 is 10.0 Å². The van der Waals surface area contributed by atoms with Crippen LogP contribution in [0.15, 0.2) is 39.9 Å². The number of thiazole rings is 2. The minimum absolute atomic E-state index is 0.173. The lowest BCUT2D eigenvalue weighted by Crippen LogP contribution is -2.22. The Morgan fingerprint density at radius 1 is 1.11 bits per heavy atom. The van der Waals surface area contributed by atoms with Crippen LogP contribution in [0.3, 0.4) is 0 Å². The van der Waals surface area contributed by atoms with E-state index in [0.717, 1.165) is 16.3 Å². The minimum Gasteiger partial charge on any atom is -0.302 e. The molecule has 3 aromatic rings. The molecule has 0 aliphatic rings. The summed E-state index contributed by atoms with van der Waals surface area (Å²) in [5, 5.41) is 7.87. The van der Waals surface area contributed by atoms with Crippen LogP contribution in [0.5, 0.6) is 0 Å². The van der Waals surface area contributed by atoms with Gasteiger partial charge in [0.25, 0.3) is 0 Å². The Balaban J connectivity index is 1.69. The average molecular weight is 423 g/mol. The van der Waals surface area contributed by atoms with Gasteiger partial charge >= 0.3 is 0 Å². The quantitative estimate of drug-likeness (QED) is 0.659. The van der Waals surface area contributed by atoms with Crippen molar-refractivity contribution in [2.24, 2.45) is 0 Å². The molecule has 1 N–H and O–H groups in total. The van der Waals surface area contributed by atoms with Crippen molar-refractivity contribution in [2.75, 3.05) is 19.4 Å². The van der Waals surface area contributed by atoms with Gasteiger partial charge in [-0.25, -0.2) is 22.7 Å². The van der Waals surface area contributed by atoms with Crippen molar-refractivity contribution in [1.29, 1.82) is 0 Å². The first-order valence-corrected chi connectivity index (χ1v) is 11.1. The molecule has 0 radical (unpaired) electrons. The molecule has 142 valence electrons. The Morgan fingerprint density at radius 3 is 2.41 bits per heavy atom. The van der Waals surface area contributed by atoms with Gasteiger partial charge in [0, 0.05) is 30.4 Å². The van der Waals surface area contributed by atoms with E-state index in [1.165, 1.54) is 41.1 Å². The lowest BCUT2D eigenvalue weighted by molar-refractivity contribution is -0.115. The van der Waals surface area contributed by atoms with E-state index in [1.807, 2.05) is 17.7 Å². The van der Waals surface area contributed by atoms with E-state index in [-0.39, 0.29) is 17.2 Å². The summed E-state index contributed by atoms with van der Waals surface area (Å²) in [4.78, 5) is 21.0. The van der Waals surface area contributed by atoms with Gasteiger partial charge in [-0.3, -0.25) is 4.79 Å². The third kappa shape index (κ3) is 4.59. The van der Waals surface area contributed by atoms with Crippen molar-refractivity contribution in [3.8, 4) is 11.3 Å². The van der Waals surface area contributed by atoms with Crippen LogP contribution in [0, 0.1) is 6.92 Å². The molecule has 27 heavy (non-hydrogen) atoms. The van der Waals surface area contributed by atoms with Crippen molar-refractivity contribution >= 4 is 43.7 Å². The average Bonchev–Trinajstić information content (AvgIpc) is 3.24. The lowest BCUT2D eigenvalue weighted by Gasteiger charge is -2.11. The molecule has 7 nitrogen and oxygen atoms in total. The maximum absolute atomic E-state index is 12.1. The Hall–Kier alpha value is -2.14. The molecule has 1 aromatic carbocycles. The summed E-state index contributed by atoms with van der Waals surface area (Å²) >= 11 is 2.82. The third-order valence-electron chi connectivity index (χ3n) is 3.69. The number of nitrogens with zero attached hydrogens (tertiary/aromatic N) is 3. The summed E-state index contributed by atoms with van der Waals surface area (Å²) in [6, 6.07) is 6.50. The van der Waals surface area contributed by atoms with Gasteiger partial charge in [0.15, 0.2) is 5.13 Å². The highest BCUT2D eigenvalue weighted by Crippen LogP contribution is 2.26. The first kappa shape index (κ1) is 19.6. The Labute approximate surface area is 165 Å². The molecule has 0 saturated heterocycles. The van der Waals surface area contributed by atoms with Crippen LogP contribution in [0.2, 0.25) is 0 Å². The molecule has 2 aromatic heterocycles. The zero-order valence-corrected chi connectivity index (χ0v) is 17.4. The molecule has 0 bridgehead atoms. The SMILES string of the molecule is Cc1nc(CC(=O)Nc2nc(-c3ccc(S(=O)(=O)N(C)C)cc3)cs2)cs1. The largest absolute Gasteiger partial charge is 0.302 e. The van der Waals surface area contributed by atoms with Gasteiger partial charge in [-0.15, -0.1) is 22.7 Å². The molecule has 3 rings (SSSR count). The molecule has 0 unspecified atom stereocenters. The summed E-state index contributed by atoms with van der Waals surface area (Å²) in [6.45, 7) is 1.90. The molecular weight excluding hydrogens is 404 g/mol. The van der Waals surface area contributed by atoms with Gasteiger partial charge < -0.3 is 5.32 Å². The molecule has 0 aliphatic heterocycles. The normalized spacial score (nSPS) is 11.7. The number of nitrogens with one attached hydrogen (secondary N) is 1. The number of sulfonamides is 1. The number of aryl methyl sites for hydroxylation is 1. The van der Waals surface area contributed by atoms with Gasteiger partial charge in [-0.2, -0.15) is 0 Å². The number of carbonyl (C=O) groups is 1. The second-order valence-corrected chi connectivity index (χ2v) is 10.0. The third-order valence-corrected chi connectivity index (χ3v) is 7.10. The van der Waals surface area contributed by atoms with Crippen molar-refractivity contribution in [3.63, 3.8) is 0 Å². The topological polar surface area (TPSA) is 92.3 Å². The van der Waals surface area contributed by atoms with E-state index in [0.29, 0.717) is 10.8 Å².